The number of halogens is 2. The van der Waals surface area contributed by atoms with Gasteiger partial charge in [0, 0.05) is 48.2 Å². The largest absolute Gasteiger partial charge is 0.493 e. The number of piperidine rings is 1. The first-order valence-electron chi connectivity index (χ1n) is 11.2. The lowest BCUT2D eigenvalue weighted by atomic mass is 10.1. The molecule has 3 aliphatic heterocycles. The number of aromatic nitrogens is 1. The Morgan fingerprint density at radius 2 is 1.85 bits per heavy atom. The van der Waals surface area contributed by atoms with Crippen molar-refractivity contribution >= 4 is 24.0 Å². The summed E-state index contributed by atoms with van der Waals surface area (Å²) in [4.78, 5) is 17.4. The Bertz CT molecular complexity index is 1130. The van der Waals surface area contributed by atoms with E-state index in [0.717, 1.165) is 42.1 Å². The van der Waals surface area contributed by atoms with Gasteiger partial charge in [0.2, 0.25) is 0 Å². The lowest BCUT2D eigenvalue weighted by Gasteiger charge is -2.26. The molecule has 0 aromatic heterocycles. The highest BCUT2D eigenvalue weighted by Gasteiger charge is 2.35. The van der Waals surface area contributed by atoms with E-state index in [-0.39, 0.29) is 24.1 Å². The van der Waals surface area contributed by atoms with Crippen LogP contribution in [0.1, 0.15) is 35.2 Å². The summed E-state index contributed by atoms with van der Waals surface area (Å²) < 4.78 is 27.1. The van der Waals surface area contributed by atoms with Crippen molar-refractivity contribution in [2.24, 2.45) is 7.05 Å². The smallest absolute Gasteiger partial charge is 0.259 e. The lowest BCUT2D eigenvalue weighted by molar-refractivity contribution is 0.0996. The predicted octanol–water partition coefficient (Wildman–Crippen LogP) is 4.72. The zero-order chi connectivity index (χ0) is 22.2. The molecule has 1 amide bonds. The summed E-state index contributed by atoms with van der Waals surface area (Å²) in [5.41, 5.74) is 3.96. The van der Waals surface area contributed by atoms with Gasteiger partial charge in [0.25, 0.3) is 5.91 Å². The van der Waals surface area contributed by atoms with Crippen LogP contribution in [-0.2, 0) is 13.6 Å². The number of aryl methyl sites for hydroxylation is 1. The minimum Gasteiger partial charge on any atom is -0.493 e. The van der Waals surface area contributed by atoms with Crippen molar-refractivity contribution in [1.82, 2.24) is 9.47 Å². The molecule has 0 N–H and O–H groups in total. The summed E-state index contributed by atoms with van der Waals surface area (Å²) in [7, 11) is 3.43. The summed E-state index contributed by atoms with van der Waals surface area (Å²) >= 11 is 0. The van der Waals surface area contributed by atoms with E-state index in [1.54, 1.807) is 29.7 Å². The third kappa shape index (κ3) is 4.39. The van der Waals surface area contributed by atoms with E-state index in [2.05, 4.69) is 4.90 Å². The molecule has 1 fully saturated rings. The number of pyridine rings is 1. The Morgan fingerprint density at radius 3 is 2.61 bits per heavy atom. The second-order valence-electron chi connectivity index (χ2n) is 8.59. The van der Waals surface area contributed by atoms with Gasteiger partial charge in [0.1, 0.15) is 12.4 Å². The topological polar surface area (TPSA) is 46.9 Å². The number of nitrogens with zero attached hydrogens (tertiary/aromatic N) is 3. The molecule has 6 nitrogen and oxygen atoms in total. The third-order valence-electron chi connectivity index (χ3n) is 6.51. The van der Waals surface area contributed by atoms with E-state index in [1.165, 1.54) is 31.5 Å². The molecule has 0 bridgehead atoms. The summed E-state index contributed by atoms with van der Waals surface area (Å²) in [6.45, 7) is 4.14. The third-order valence-corrected chi connectivity index (χ3v) is 6.51. The number of fused-ring (bicyclic) bond motifs is 3. The molecule has 1 saturated heterocycles. The van der Waals surface area contributed by atoms with Gasteiger partial charge in [-0.15, -0.1) is 12.4 Å². The van der Waals surface area contributed by atoms with Gasteiger partial charge in [0.15, 0.2) is 11.5 Å². The summed E-state index contributed by atoms with van der Waals surface area (Å²) in [6, 6.07) is 8.86. The van der Waals surface area contributed by atoms with Gasteiger partial charge in [-0.3, -0.25) is 9.69 Å². The van der Waals surface area contributed by atoms with Crippen molar-refractivity contribution in [3.63, 3.8) is 0 Å². The maximum Gasteiger partial charge on any atom is 0.259 e. The van der Waals surface area contributed by atoms with Gasteiger partial charge in [-0.2, -0.15) is 0 Å². The van der Waals surface area contributed by atoms with Crippen LogP contribution in [0, 0.1) is 5.82 Å². The number of hydrogen-bond acceptors (Lipinski definition) is 4. The molecule has 33 heavy (non-hydrogen) atoms. The average Bonchev–Trinajstić information content (AvgIpc) is 3.30. The number of benzene rings is 1. The fraction of sp³-hybridized carbons (Fsp3) is 0.400. The Labute approximate surface area is 199 Å². The van der Waals surface area contributed by atoms with Crippen molar-refractivity contribution in [3.05, 3.63) is 53.5 Å². The minimum absolute atomic E-state index is 0. The first-order chi connectivity index (χ1) is 15.5. The molecule has 0 unspecified atom stereocenters. The van der Waals surface area contributed by atoms with Crippen LogP contribution in [0.2, 0.25) is 0 Å². The lowest BCUT2D eigenvalue weighted by Crippen LogP contribution is -2.33. The van der Waals surface area contributed by atoms with Crippen LogP contribution in [0.25, 0.3) is 11.3 Å². The monoisotopic (exact) mass is 473 g/mol. The fourth-order valence-electron chi connectivity index (χ4n) is 4.92. The summed E-state index contributed by atoms with van der Waals surface area (Å²) in [6.07, 6.45) is 5.25. The van der Waals surface area contributed by atoms with Gasteiger partial charge in [-0.25, -0.2) is 4.39 Å². The van der Waals surface area contributed by atoms with Gasteiger partial charge in [-0.1, -0.05) is 6.42 Å². The summed E-state index contributed by atoms with van der Waals surface area (Å²) in [5, 5.41) is 0. The van der Waals surface area contributed by atoms with E-state index in [0.29, 0.717) is 30.2 Å². The molecule has 5 rings (SSSR count). The highest BCUT2D eigenvalue weighted by atomic mass is 35.5. The number of ether oxygens (including phenoxy) is 2. The van der Waals surface area contributed by atoms with Gasteiger partial charge in [-0.05, 0) is 50.2 Å². The number of amides is 1. The number of likely N-dealkylation sites (tertiary alicyclic amines) is 1. The maximum atomic E-state index is 13.8. The van der Waals surface area contributed by atoms with Crippen molar-refractivity contribution in [2.45, 2.75) is 25.8 Å². The Balaban J connectivity index is 0.00000259. The highest BCUT2D eigenvalue weighted by Crippen LogP contribution is 2.41. The first-order valence-corrected chi connectivity index (χ1v) is 11.2. The Morgan fingerprint density at radius 1 is 1.06 bits per heavy atom. The van der Waals surface area contributed by atoms with Crippen LogP contribution in [0.5, 0.6) is 11.5 Å². The number of hydrogen-bond donors (Lipinski definition) is 0. The van der Waals surface area contributed by atoms with Crippen LogP contribution in [-0.4, -0.2) is 48.7 Å². The van der Waals surface area contributed by atoms with E-state index in [9.17, 15) is 9.18 Å². The van der Waals surface area contributed by atoms with Crippen LogP contribution in [0.15, 0.2) is 36.5 Å². The standard InChI is InChI=1S/C25H28FN3O3.ClH/c1-27-15-18(26)12-17-13-20-21(24(17)27)16-29(25(20)30)19-6-7-22(31-2)23(14-19)32-11-10-28-8-4-3-5-9-28;/h6-7,12-15H,3-5,8-11,16H2,1-2H3;1H. The first kappa shape index (κ1) is 23.4. The zero-order valence-corrected chi connectivity index (χ0v) is 19.8. The van der Waals surface area contributed by atoms with Crippen molar-refractivity contribution in [3.8, 4) is 22.8 Å². The molecule has 4 aliphatic rings. The molecular formula is C25H29ClFN3O3. The molecular weight excluding hydrogens is 445 g/mol. The van der Waals surface area contributed by atoms with E-state index < -0.39 is 0 Å². The van der Waals surface area contributed by atoms with Crippen molar-refractivity contribution in [1.29, 1.82) is 0 Å². The molecule has 0 saturated carbocycles. The average molecular weight is 474 g/mol. The number of anilines is 1. The van der Waals surface area contributed by atoms with Crippen molar-refractivity contribution in [2.75, 3.05) is 38.3 Å². The molecule has 1 aromatic carbocycles. The summed E-state index contributed by atoms with van der Waals surface area (Å²) in [5.74, 6) is 0.896. The second kappa shape index (κ2) is 9.61. The minimum atomic E-state index is -0.311. The maximum absolute atomic E-state index is 13.8. The van der Waals surface area contributed by atoms with E-state index in [1.807, 2.05) is 18.2 Å². The Hall–Kier alpha value is -2.77. The second-order valence-corrected chi connectivity index (χ2v) is 8.59. The van der Waals surface area contributed by atoms with Gasteiger partial charge >= 0.3 is 0 Å². The van der Waals surface area contributed by atoms with Crippen LogP contribution < -0.4 is 14.4 Å². The molecule has 0 spiro atoms. The molecule has 0 radical (unpaired) electrons. The molecule has 176 valence electrons. The number of methoxy groups -OCH3 is 1. The quantitative estimate of drug-likeness (QED) is 0.519. The van der Waals surface area contributed by atoms with E-state index >= 15 is 0 Å². The number of carbonyl (C=O) groups is 1. The zero-order valence-electron chi connectivity index (χ0n) is 19.0. The molecule has 1 aliphatic carbocycles. The van der Waals surface area contributed by atoms with Crippen LogP contribution in [0.4, 0.5) is 10.1 Å². The fourth-order valence-corrected chi connectivity index (χ4v) is 4.92. The molecule has 0 atom stereocenters. The predicted molar refractivity (Wildman–Crippen MR) is 129 cm³/mol. The molecule has 8 heteroatoms. The van der Waals surface area contributed by atoms with E-state index in [4.69, 9.17) is 9.47 Å². The number of carbonyl (C=O) groups excluding carboxylic acids is 1. The van der Waals surface area contributed by atoms with Crippen LogP contribution >= 0.6 is 12.4 Å². The molecule has 3 heterocycles. The molecule has 1 aromatic rings. The van der Waals surface area contributed by atoms with Crippen LogP contribution in [0.3, 0.4) is 0 Å². The van der Waals surface area contributed by atoms with Crippen molar-refractivity contribution < 1.29 is 18.7 Å². The van der Waals surface area contributed by atoms with Gasteiger partial charge < -0.3 is 18.9 Å². The SMILES string of the molecule is COc1ccc(N2Cc3c(cc4cc(F)cn(C)c3-4)C2=O)cc1OCCN1CCCCC1.Cl. The normalized spacial score (nSPS) is 16.1. The Kier molecular flexibility index (Phi) is 6.81. The number of rotatable bonds is 6. The van der Waals surface area contributed by atoms with Gasteiger partial charge in [0.05, 0.1) is 19.3 Å². The highest BCUT2D eigenvalue weighted by molar-refractivity contribution is 6.13.